The van der Waals surface area contributed by atoms with E-state index in [1.165, 1.54) is 0 Å². The van der Waals surface area contributed by atoms with Gasteiger partial charge in [-0.3, -0.25) is 9.55 Å². The molecule has 66 valence electrons. The standard InChI is InChI=1S/C8H7ClN4/c9-8-12-11-6-13(8)5-7-3-1-2-4-10-7/h1-4,6H,5H2. The Balaban J connectivity index is 2.20. The maximum atomic E-state index is 5.75. The van der Waals surface area contributed by atoms with Gasteiger partial charge in [-0.1, -0.05) is 6.07 Å². The molecule has 0 fully saturated rings. The molecule has 2 heterocycles. The van der Waals surface area contributed by atoms with E-state index in [0.29, 0.717) is 11.8 Å². The van der Waals surface area contributed by atoms with Crippen LogP contribution in [0.15, 0.2) is 30.7 Å². The average molecular weight is 195 g/mol. The monoisotopic (exact) mass is 194 g/mol. The van der Waals surface area contributed by atoms with Crippen LogP contribution >= 0.6 is 11.6 Å². The van der Waals surface area contributed by atoms with Gasteiger partial charge in [0.15, 0.2) is 0 Å². The van der Waals surface area contributed by atoms with Crippen LogP contribution in [-0.4, -0.2) is 19.7 Å². The van der Waals surface area contributed by atoms with Crippen LogP contribution in [0.25, 0.3) is 0 Å². The van der Waals surface area contributed by atoms with Gasteiger partial charge in [-0.05, 0) is 23.7 Å². The zero-order valence-electron chi connectivity index (χ0n) is 6.76. The van der Waals surface area contributed by atoms with Crippen LogP contribution < -0.4 is 0 Å². The van der Waals surface area contributed by atoms with E-state index in [4.69, 9.17) is 11.6 Å². The van der Waals surface area contributed by atoms with Crippen molar-refractivity contribution < 1.29 is 0 Å². The van der Waals surface area contributed by atoms with Gasteiger partial charge in [0.25, 0.3) is 0 Å². The lowest BCUT2D eigenvalue weighted by Crippen LogP contribution is -1.99. The van der Waals surface area contributed by atoms with E-state index in [2.05, 4.69) is 15.2 Å². The highest BCUT2D eigenvalue weighted by molar-refractivity contribution is 6.28. The quantitative estimate of drug-likeness (QED) is 0.726. The molecule has 2 rings (SSSR count). The van der Waals surface area contributed by atoms with E-state index in [1.807, 2.05) is 18.2 Å². The maximum Gasteiger partial charge on any atom is 0.225 e. The fraction of sp³-hybridized carbons (Fsp3) is 0.125. The molecule has 0 aromatic carbocycles. The highest BCUT2D eigenvalue weighted by Crippen LogP contribution is 2.05. The number of hydrogen-bond acceptors (Lipinski definition) is 3. The van der Waals surface area contributed by atoms with Crippen molar-refractivity contribution in [3.05, 3.63) is 41.7 Å². The van der Waals surface area contributed by atoms with Crippen molar-refractivity contribution in [3.8, 4) is 0 Å². The number of aromatic nitrogens is 4. The fourth-order valence-electron chi connectivity index (χ4n) is 1.01. The van der Waals surface area contributed by atoms with E-state index in [9.17, 15) is 0 Å². The van der Waals surface area contributed by atoms with Gasteiger partial charge in [0.1, 0.15) is 6.33 Å². The summed E-state index contributed by atoms with van der Waals surface area (Å²) in [6.07, 6.45) is 3.32. The summed E-state index contributed by atoms with van der Waals surface area (Å²) >= 11 is 5.75. The lowest BCUT2D eigenvalue weighted by molar-refractivity contribution is 0.771. The second kappa shape index (κ2) is 3.53. The molecular formula is C8H7ClN4. The molecule has 2 aromatic rings. The second-order valence-corrected chi connectivity index (χ2v) is 2.89. The molecule has 0 unspecified atom stereocenters. The summed E-state index contributed by atoms with van der Waals surface area (Å²) in [5, 5.41) is 7.71. The number of pyridine rings is 1. The van der Waals surface area contributed by atoms with E-state index < -0.39 is 0 Å². The predicted octanol–water partition coefficient (Wildman–Crippen LogP) is 1.37. The van der Waals surface area contributed by atoms with Crippen molar-refractivity contribution >= 4 is 11.6 Å². The molecule has 0 atom stereocenters. The summed E-state index contributed by atoms with van der Waals surface area (Å²) in [6.45, 7) is 0.604. The molecule has 0 N–H and O–H groups in total. The maximum absolute atomic E-state index is 5.75. The zero-order valence-corrected chi connectivity index (χ0v) is 7.52. The number of nitrogens with zero attached hydrogens (tertiary/aromatic N) is 4. The first kappa shape index (κ1) is 8.19. The van der Waals surface area contributed by atoms with Gasteiger partial charge >= 0.3 is 0 Å². The number of hydrogen-bond donors (Lipinski definition) is 0. The van der Waals surface area contributed by atoms with Crippen LogP contribution in [0, 0.1) is 0 Å². The number of rotatable bonds is 2. The van der Waals surface area contributed by atoms with E-state index in [-0.39, 0.29) is 0 Å². The van der Waals surface area contributed by atoms with Crippen molar-refractivity contribution in [2.75, 3.05) is 0 Å². The van der Waals surface area contributed by atoms with Crippen LogP contribution in [-0.2, 0) is 6.54 Å². The first-order chi connectivity index (χ1) is 6.36. The van der Waals surface area contributed by atoms with Crippen LogP contribution in [0.4, 0.5) is 0 Å². The van der Waals surface area contributed by atoms with Gasteiger partial charge < -0.3 is 0 Å². The zero-order chi connectivity index (χ0) is 9.10. The van der Waals surface area contributed by atoms with Crippen LogP contribution in [0.2, 0.25) is 5.28 Å². The molecule has 0 bridgehead atoms. The summed E-state index contributed by atoms with van der Waals surface area (Å²) in [4.78, 5) is 4.16. The summed E-state index contributed by atoms with van der Waals surface area (Å²) in [5.74, 6) is 0. The summed E-state index contributed by atoms with van der Waals surface area (Å²) in [5.41, 5.74) is 0.934. The van der Waals surface area contributed by atoms with Crippen molar-refractivity contribution in [2.45, 2.75) is 6.54 Å². The Labute approximate surface area is 80.2 Å². The second-order valence-electron chi connectivity index (χ2n) is 2.55. The van der Waals surface area contributed by atoms with Crippen molar-refractivity contribution in [1.29, 1.82) is 0 Å². The SMILES string of the molecule is Clc1nncn1Cc1ccccn1. The molecule has 4 nitrogen and oxygen atoms in total. The van der Waals surface area contributed by atoms with Crippen molar-refractivity contribution in [2.24, 2.45) is 0 Å². The van der Waals surface area contributed by atoms with Crippen LogP contribution in [0.5, 0.6) is 0 Å². The highest BCUT2D eigenvalue weighted by atomic mass is 35.5. The minimum absolute atomic E-state index is 0.380. The Hall–Kier alpha value is -1.42. The van der Waals surface area contributed by atoms with Gasteiger partial charge in [-0.15, -0.1) is 10.2 Å². The normalized spacial score (nSPS) is 10.2. The Morgan fingerprint density at radius 1 is 1.38 bits per heavy atom. The minimum Gasteiger partial charge on any atom is -0.298 e. The average Bonchev–Trinajstić information content (AvgIpc) is 2.54. The van der Waals surface area contributed by atoms with Gasteiger partial charge in [-0.25, -0.2) is 0 Å². The van der Waals surface area contributed by atoms with Gasteiger partial charge in [0, 0.05) is 6.20 Å². The predicted molar refractivity (Wildman–Crippen MR) is 48.4 cm³/mol. The molecule has 0 saturated carbocycles. The lowest BCUT2D eigenvalue weighted by Gasteiger charge is -2.00. The minimum atomic E-state index is 0.380. The Morgan fingerprint density at radius 3 is 2.92 bits per heavy atom. The fourth-order valence-corrected chi connectivity index (χ4v) is 1.16. The molecule has 0 radical (unpaired) electrons. The Morgan fingerprint density at radius 2 is 2.31 bits per heavy atom. The van der Waals surface area contributed by atoms with Crippen LogP contribution in [0.3, 0.4) is 0 Å². The lowest BCUT2D eigenvalue weighted by atomic mass is 10.3. The Kier molecular flexibility index (Phi) is 2.23. The van der Waals surface area contributed by atoms with Crippen molar-refractivity contribution in [3.63, 3.8) is 0 Å². The smallest absolute Gasteiger partial charge is 0.225 e. The molecule has 5 heteroatoms. The topological polar surface area (TPSA) is 43.6 Å². The highest BCUT2D eigenvalue weighted by Gasteiger charge is 2.00. The third kappa shape index (κ3) is 1.84. The van der Waals surface area contributed by atoms with Gasteiger partial charge in [0.05, 0.1) is 12.2 Å². The summed E-state index contributed by atoms with van der Waals surface area (Å²) in [7, 11) is 0. The molecule has 13 heavy (non-hydrogen) atoms. The molecule has 0 amide bonds. The molecule has 2 aromatic heterocycles. The molecule has 0 aliphatic carbocycles. The molecule has 0 aliphatic rings. The van der Waals surface area contributed by atoms with Gasteiger partial charge in [-0.2, -0.15) is 0 Å². The third-order valence-electron chi connectivity index (χ3n) is 1.63. The largest absolute Gasteiger partial charge is 0.298 e. The Bertz CT molecular complexity index is 384. The third-order valence-corrected chi connectivity index (χ3v) is 1.92. The van der Waals surface area contributed by atoms with E-state index in [0.717, 1.165) is 5.69 Å². The first-order valence-electron chi connectivity index (χ1n) is 3.79. The van der Waals surface area contributed by atoms with Crippen molar-refractivity contribution in [1.82, 2.24) is 19.7 Å². The number of halogens is 1. The molecule has 0 spiro atoms. The molecule has 0 aliphatic heterocycles. The summed E-state index contributed by atoms with van der Waals surface area (Å²) < 4.78 is 1.73. The first-order valence-corrected chi connectivity index (χ1v) is 4.17. The molecule has 0 saturated heterocycles. The summed E-state index contributed by atoms with van der Waals surface area (Å²) in [6, 6.07) is 5.73. The van der Waals surface area contributed by atoms with E-state index >= 15 is 0 Å². The molecular weight excluding hydrogens is 188 g/mol. The van der Waals surface area contributed by atoms with E-state index in [1.54, 1.807) is 17.1 Å². The van der Waals surface area contributed by atoms with Crippen LogP contribution in [0.1, 0.15) is 5.69 Å². The van der Waals surface area contributed by atoms with Gasteiger partial charge in [0.2, 0.25) is 5.28 Å².